The molecule has 0 radical (unpaired) electrons. The van der Waals surface area contributed by atoms with E-state index in [4.69, 9.17) is 0 Å². The molecule has 2 rings (SSSR count). The van der Waals surface area contributed by atoms with Crippen LogP contribution in [0.4, 0.5) is 5.69 Å². The number of anilines is 1. The maximum atomic E-state index is 13.0. The number of aromatic nitrogens is 1. The van der Waals surface area contributed by atoms with Gasteiger partial charge in [0.1, 0.15) is 0 Å². The van der Waals surface area contributed by atoms with E-state index in [9.17, 15) is 4.79 Å². The van der Waals surface area contributed by atoms with Gasteiger partial charge in [-0.15, -0.1) is 0 Å². The molecular formula is C21H28N2O. The smallest absolute Gasteiger partial charge is 0.257 e. The SMILES string of the molecule is CCCc1cc(C)nc(C)c1C(=O)Nc1c(CC)cccc1CC. The molecule has 1 aromatic carbocycles. The summed E-state index contributed by atoms with van der Waals surface area (Å²) in [4.78, 5) is 17.5. The molecule has 0 spiro atoms. The van der Waals surface area contributed by atoms with Crippen LogP contribution in [0.15, 0.2) is 24.3 Å². The first kappa shape index (κ1) is 18.2. The van der Waals surface area contributed by atoms with Gasteiger partial charge >= 0.3 is 0 Å². The van der Waals surface area contributed by atoms with Gasteiger partial charge in [0.15, 0.2) is 0 Å². The summed E-state index contributed by atoms with van der Waals surface area (Å²) in [5.41, 5.74) is 6.92. The molecule has 3 heteroatoms. The second-order valence-corrected chi connectivity index (χ2v) is 6.25. The van der Waals surface area contributed by atoms with Crippen molar-refractivity contribution < 1.29 is 4.79 Å². The highest BCUT2D eigenvalue weighted by Crippen LogP contribution is 2.25. The third kappa shape index (κ3) is 3.84. The summed E-state index contributed by atoms with van der Waals surface area (Å²) in [6, 6.07) is 8.27. The maximum Gasteiger partial charge on any atom is 0.257 e. The first-order chi connectivity index (χ1) is 11.5. The molecule has 2 aromatic rings. The maximum absolute atomic E-state index is 13.0. The van der Waals surface area contributed by atoms with Crippen LogP contribution >= 0.6 is 0 Å². The lowest BCUT2D eigenvalue weighted by molar-refractivity contribution is 0.102. The Morgan fingerprint density at radius 3 is 2.21 bits per heavy atom. The molecule has 1 aromatic heterocycles. The third-order valence-corrected chi connectivity index (χ3v) is 4.39. The number of pyridine rings is 1. The normalized spacial score (nSPS) is 10.7. The quantitative estimate of drug-likeness (QED) is 0.810. The molecule has 0 saturated carbocycles. The minimum absolute atomic E-state index is 0.0425. The van der Waals surface area contributed by atoms with Crippen LogP contribution in [0.1, 0.15) is 65.6 Å². The summed E-state index contributed by atoms with van der Waals surface area (Å²) in [7, 11) is 0. The van der Waals surface area contributed by atoms with Gasteiger partial charge in [0.2, 0.25) is 0 Å². The fourth-order valence-electron chi connectivity index (χ4n) is 3.27. The summed E-state index contributed by atoms with van der Waals surface area (Å²) >= 11 is 0. The fourth-order valence-corrected chi connectivity index (χ4v) is 3.27. The average molecular weight is 324 g/mol. The third-order valence-electron chi connectivity index (χ3n) is 4.39. The number of rotatable bonds is 6. The lowest BCUT2D eigenvalue weighted by atomic mass is 9.99. The van der Waals surface area contributed by atoms with Crippen LogP contribution in [0.25, 0.3) is 0 Å². The summed E-state index contributed by atoms with van der Waals surface area (Å²) in [6.45, 7) is 10.3. The predicted octanol–water partition coefficient (Wildman–Crippen LogP) is 5.03. The Hall–Kier alpha value is -2.16. The average Bonchev–Trinajstić information content (AvgIpc) is 2.54. The van der Waals surface area contributed by atoms with E-state index in [-0.39, 0.29) is 5.91 Å². The van der Waals surface area contributed by atoms with Crippen molar-refractivity contribution in [2.45, 2.75) is 60.3 Å². The second kappa shape index (κ2) is 8.09. The van der Waals surface area contributed by atoms with Crippen molar-refractivity contribution in [1.82, 2.24) is 4.98 Å². The summed E-state index contributed by atoms with van der Waals surface area (Å²) in [6.07, 6.45) is 3.70. The van der Waals surface area contributed by atoms with E-state index < -0.39 is 0 Å². The Bertz CT molecular complexity index is 713. The molecule has 0 unspecified atom stereocenters. The highest BCUT2D eigenvalue weighted by atomic mass is 16.1. The lowest BCUT2D eigenvalue weighted by Crippen LogP contribution is -2.19. The van der Waals surface area contributed by atoms with Crippen LogP contribution in [-0.2, 0) is 19.3 Å². The Balaban J connectivity index is 2.45. The van der Waals surface area contributed by atoms with Crippen molar-refractivity contribution in [3.63, 3.8) is 0 Å². The number of nitrogens with one attached hydrogen (secondary N) is 1. The molecule has 1 amide bonds. The number of hydrogen-bond acceptors (Lipinski definition) is 2. The molecule has 0 saturated heterocycles. The van der Waals surface area contributed by atoms with Gasteiger partial charge in [0.25, 0.3) is 5.91 Å². The Morgan fingerprint density at radius 1 is 1.04 bits per heavy atom. The van der Waals surface area contributed by atoms with Gasteiger partial charge in [-0.3, -0.25) is 9.78 Å². The predicted molar refractivity (Wildman–Crippen MR) is 101 cm³/mol. The van der Waals surface area contributed by atoms with Crippen LogP contribution in [0, 0.1) is 13.8 Å². The Labute approximate surface area is 145 Å². The zero-order valence-corrected chi connectivity index (χ0v) is 15.5. The van der Waals surface area contributed by atoms with Crippen LogP contribution in [-0.4, -0.2) is 10.9 Å². The standard InChI is InChI=1S/C21H28N2O/c1-6-10-18-13-14(4)22-15(5)19(18)21(24)23-20-16(7-2)11-9-12-17(20)8-3/h9,11-13H,6-8,10H2,1-5H3,(H,23,24). The molecule has 0 aliphatic rings. The number of carbonyl (C=O) groups is 1. The number of hydrogen-bond donors (Lipinski definition) is 1. The van der Waals surface area contributed by atoms with Crippen molar-refractivity contribution in [3.8, 4) is 0 Å². The molecule has 24 heavy (non-hydrogen) atoms. The van der Waals surface area contributed by atoms with Crippen molar-refractivity contribution >= 4 is 11.6 Å². The molecule has 0 bridgehead atoms. The summed E-state index contributed by atoms with van der Waals surface area (Å²) in [5, 5.41) is 3.18. The van der Waals surface area contributed by atoms with Crippen molar-refractivity contribution in [1.29, 1.82) is 0 Å². The van der Waals surface area contributed by atoms with Gasteiger partial charge in [-0.2, -0.15) is 0 Å². The molecule has 0 aliphatic carbocycles. The molecule has 0 fully saturated rings. The van der Waals surface area contributed by atoms with Gasteiger partial charge in [0, 0.05) is 11.4 Å². The zero-order valence-electron chi connectivity index (χ0n) is 15.5. The molecule has 3 nitrogen and oxygen atoms in total. The van der Waals surface area contributed by atoms with E-state index in [0.717, 1.165) is 53.9 Å². The first-order valence-electron chi connectivity index (χ1n) is 8.90. The van der Waals surface area contributed by atoms with Gasteiger partial charge in [-0.25, -0.2) is 0 Å². The summed E-state index contributed by atoms with van der Waals surface area (Å²) in [5.74, 6) is -0.0425. The minimum Gasteiger partial charge on any atom is -0.321 e. The fraction of sp³-hybridized carbons (Fsp3) is 0.429. The number of nitrogens with zero attached hydrogens (tertiary/aromatic N) is 1. The van der Waals surface area contributed by atoms with Crippen molar-refractivity contribution in [3.05, 3.63) is 57.9 Å². The lowest BCUT2D eigenvalue weighted by Gasteiger charge is -2.17. The van der Waals surface area contributed by atoms with Crippen LogP contribution < -0.4 is 5.32 Å². The van der Waals surface area contributed by atoms with Crippen molar-refractivity contribution in [2.75, 3.05) is 5.32 Å². The van der Waals surface area contributed by atoms with Crippen molar-refractivity contribution in [2.24, 2.45) is 0 Å². The Morgan fingerprint density at radius 2 is 1.67 bits per heavy atom. The number of benzene rings is 1. The van der Waals surface area contributed by atoms with E-state index in [1.54, 1.807) is 0 Å². The molecule has 128 valence electrons. The van der Waals surface area contributed by atoms with Crippen LogP contribution in [0.2, 0.25) is 0 Å². The first-order valence-corrected chi connectivity index (χ1v) is 8.90. The molecule has 0 atom stereocenters. The number of carbonyl (C=O) groups excluding carboxylic acids is 1. The van der Waals surface area contributed by atoms with Gasteiger partial charge in [0.05, 0.1) is 11.3 Å². The molecular weight excluding hydrogens is 296 g/mol. The van der Waals surface area contributed by atoms with E-state index in [1.807, 2.05) is 19.9 Å². The van der Waals surface area contributed by atoms with Gasteiger partial charge in [-0.05, 0) is 55.9 Å². The van der Waals surface area contributed by atoms with Gasteiger partial charge in [-0.1, -0.05) is 45.4 Å². The van der Waals surface area contributed by atoms with Crippen LogP contribution in [0.5, 0.6) is 0 Å². The summed E-state index contributed by atoms with van der Waals surface area (Å²) < 4.78 is 0. The van der Waals surface area contributed by atoms with E-state index in [2.05, 4.69) is 49.3 Å². The highest BCUT2D eigenvalue weighted by Gasteiger charge is 2.18. The number of para-hydroxylation sites is 1. The monoisotopic (exact) mass is 324 g/mol. The largest absolute Gasteiger partial charge is 0.321 e. The molecule has 0 aliphatic heterocycles. The van der Waals surface area contributed by atoms with Gasteiger partial charge < -0.3 is 5.32 Å². The Kier molecular flexibility index (Phi) is 6.13. The molecule has 1 N–H and O–H groups in total. The number of amides is 1. The zero-order chi connectivity index (χ0) is 17.7. The van der Waals surface area contributed by atoms with Crippen LogP contribution in [0.3, 0.4) is 0 Å². The van der Waals surface area contributed by atoms with E-state index in [1.165, 1.54) is 11.1 Å². The second-order valence-electron chi connectivity index (χ2n) is 6.25. The topological polar surface area (TPSA) is 42.0 Å². The van der Waals surface area contributed by atoms with E-state index in [0.29, 0.717) is 0 Å². The number of aryl methyl sites for hydroxylation is 5. The minimum atomic E-state index is -0.0425. The van der Waals surface area contributed by atoms with E-state index >= 15 is 0 Å². The highest BCUT2D eigenvalue weighted by molar-refractivity contribution is 6.06. The molecule has 1 heterocycles.